The van der Waals surface area contributed by atoms with E-state index < -0.39 is 41.9 Å². The standard InChI is InChI=1S/C42H42O10S2/c1-23(43)33-35(25-13-5-3-6-14-25)41(53(45,46)47)39(31-21-27-17-9-11-19-29(27)37(31)33)51-52-40-32-22-28-18-10-12-20-30(28)38(32)34(24(2)44)36(42(40)54(48,49)50)26-15-7-4-8-16-26/h9-12,17-20,25-26H,3-8,13-16,21-22H2,1-2H3,(H,45,46,47)(H,48,49,50). The molecule has 4 aromatic rings. The van der Waals surface area contributed by atoms with Crippen LogP contribution in [0.5, 0.6) is 11.5 Å². The Balaban J connectivity index is 1.42. The summed E-state index contributed by atoms with van der Waals surface area (Å²) in [5.74, 6) is -2.18. The minimum atomic E-state index is -5.09. The van der Waals surface area contributed by atoms with Gasteiger partial charge in [0.05, 0.1) is 0 Å². The van der Waals surface area contributed by atoms with Crippen molar-refractivity contribution in [3.05, 3.63) is 93.0 Å². The maximum Gasteiger partial charge on any atom is 0.298 e. The summed E-state index contributed by atoms with van der Waals surface area (Å²) in [6, 6.07) is 14.8. The van der Waals surface area contributed by atoms with Crippen LogP contribution in [0.3, 0.4) is 0 Å². The second kappa shape index (κ2) is 13.7. The Kier molecular flexibility index (Phi) is 9.31. The molecule has 0 bridgehead atoms. The summed E-state index contributed by atoms with van der Waals surface area (Å²) in [7, 11) is -10.2. The van der Waals surface area contributed by atoms with E-state index in [0.29, 0.717) is 47.9 Å². The van der Waals surface area contributed by atoms with Crippen LogP contribution >= 0.6 is 0 Å². The molecule has 8 rings (SSSR count). The van der Waals surface area contributed by atoms with E-state index in [0.717, 1.165) is 60.8 Å². The molecule has 0 spiro atoms. The Morgan fingerprint density at radius 1 is 0.574 bits per heavy atom. The minimum absolute atomic E-state index is 0.142. The highest BCUT2D eigenvalue weighted by atomic mass is 32.2. The number of rotatable bonds is 9. The minimum Gasteiger partial charge on any atom is -0.294 e. The summed E-state index contributed by atoms with van der Waals surface area (Å²) in [5.41, 5.74) is 5.41. The Bertz CT molecular complexity index is 2300. The molecule has 0 heterocycles. The van der Waals surface area contributed by atoms with Gasteiger partial charge in [0.1, 0.15) is 9.79 Å². The van der Waals surface area contributed by atoms with E-state index in [1.54, 1.807) is 0 Å². The predicted molar refractivity (Wildman–Crippen MR) is 202 cm³/mol. The van der Waals surface area contributed by atoms with Gasteiger partial charge in [-0.1, -0.05) is 87.1 Å². The SMILES string of the molecule is CC(=O)c1c2c(c(OOc3c4c(c(C(C)=O)c(C5CCCCC5)c3S(=O)(=O)O)-c3ccccc3C4)c(S(=O)(=O)O)c1C1CCCCC1)Cc1ccccc1-2. The zero-order chi connectivity index (χ0) is 38.1. The van der Waals surface area contributed by atoms with Crippen molar-refractivity contribution >= 4 is 31.8 Å². The van der Waals surface area contributed by atoms with Crippen LogP contribution < -0.4 is 9.78 Å². The normalized spacial score (nSPS) is 17.0. The highest BCUT2D eigenvalue weighted by Crippen LogP contribution is 2.55. The van der Waals surface area contributed by atoms with Gasteiger partial charge in [0, 0.05) is 46.2 Å². The molecular weight excluding hydrogens is 729 g/mol. The molecule has 4 aliphatic carbocycles. The van der Waals surface area contributed by atoms with Crippen LogP contribution in [0.2, 0.25) is 0 Å². The van der Waals surface area contributed by atoms with Gasteiger partial charge in [0.15, 0.2) is 11.6 Å². The zero-order valence-electron chi connectivity index (χ0n) is 30.2. The molecule has 0 aromatic heterocycles. The Morgan fingerprint density at radius 3 is 1.26 bits per heavy atom. The molecule has 54 heavy (non-hydrogen) atoms. The molecule has 0 unspecified atom stereocenters. The van der Waals surface area contributed by atoms with E-state index in [2.05, 4.69) is 0 Å². The predicted octanol–water partition coefficient (Wildman–Crippen LogP) is 9.20. The van der Waals surface area contributed by atoms with Gasteiger partial charge in [-0.15, -0.1) is 0 Å². The molecule has 2 fully saturated rings. The van der Waals surface area contributed by atoms with Crippen LogP contribution in [-0.2, 0) is 33.1 Å². The maximum absolute atomic E-state index is 13.7. The number of Topliss-reactive ketones (excluding diaryl/α,β-unsaturated/α-hetero) is 2. The van der Waals surface area contributed by atoms with Crippen LogP contribution in [0, 0.1) is 0 Å². The highest BCUT2D eigenvalue weighted by molar-refractivity contribution is 7.86. The van der Waals surface area contributed by atoms with Crippen LogP contribution in [0.25, 0.3) is 22.3 Å². The molecule has 2 N–H and O–H groups in total. The van der Waals surface area contributed by atoms with Gasteiger partial charge in [-0.2, -0.15) is 16.8 Å². The molecule has 0 amide bonds. The molecule has 0 aliphatic heterocycles. The fourth-order valence-electron chi connectivity index (χ4n) is 9.76. The summed E-state index contributed by atoms with van der Waals surface area (Å²) < 4.78 is 76.7. The molecule has 282 valence electrons. The molecular formula is C42H42O10S2. The van der Waals surface area contributed by atoms with Crippen molar-refractivity contribution in [1.29, 1.82) is 0 Å². The Morgan fingerprint density at radius 2 is 0.926 bits per heavy atom. The van der Waals surface area contributed by atoms with Crippen molar-refractivity contribution in [3.8, 4) is 33.8 Å². The summed E-state index contributed by atoms with van der Waals surface area (Å²) in [5, 5.41) is 0. The number of fused-ring (bicyclic) bond motifs is 6. The van der Waals surface area contributed by atoms with Crippen molar-refractivity contribution in [2.75, 3.05) is 0 Å². The van der Waals surface area contributed by atoms with Gasteiger partial charge in [-0.25, -0.2) is 0 Å². The fraction of sp³-hybridized carbons (Fsp3) is 0.381. The number of hydrogen-bond acceptors (Lipinski definition) is 8. The topological polar surface area (TPSA) is 161 Å². The van der Waals surface area contributed by atoms with Crippen LogP contribution in [0.4, 0.5) is 0 Å². The van der Waals surface area contributed by atoms with Gasteiger partial charge in [-0.05, 0) is 84.7 Å². The third-order valence-corrected chi connectivity index (χ3v) is 13.7. The lowest BCUT2D eigenvalue weighted by atomic mass is 9.78. The van der Waals surface area contributed by atoms with Gasteiger partial charge in [-0.3, -0.25) is 28.5 Å². The van der Waals surface area contributed by atoms with Crippen LogP contribution in [0.15, 0.2) is 58.3 Å². The summed E-state index contributed by atoms with van der Waals surface area (Å²) in [6.07, 6.45) is 7.69. The first-order chi connectivity index (χ1) is 25.8. The summed E-state index contributed by atoms with van der Waals surface area (Å²) >= 11 is 0. The molecule has 4 aromatic carbocycles. The monoisotopic (exact) mass is 770 g/mol. The molecule has 2 saturated carbocycles. The van der Waals surface area contributed by atoms with Crippen LogP contribution in [0.1, 0.15) is 144 Å². The third-order valence-electron chi connectivity index (χ3n) is 11.9. The highest BCUT2D eigenvalue weighted by Gasteiger charge is 2.43. The number of carbonyl (C=O) groups is 2. The average molecular weight is 771 g/mol. The molecule has 12 heteroatoms. The molecule has 0 radical (unpaired) electrons. The fourth-order valence-corrected chi connectivity index (χ4v) is 11.6. The van der Waals surface area contributed by atoms with E-state index in [-0.39, 0.29) is 58.2 Å². The lowest BCUT2D eigenvalue weighted by molar-refractivity contribution is -0.107. The van der Waals surface area contributed by atoms with Gasteiger partial charge < -0.3 is 0 Å². The van der Waals surface area contributed by atoms with E-state index in [1.165, 1.54) is 13.8 Å². The van der Waals surface area contributed by atoms with E-state index in [1.807, 2.05) is 48.5 Å². The number of hydrogen-bond donors (Lipinski definition) is 2. The van der Waals surface area contributed by atoms with Crippen molar-refractivity contribution in [2.45, 2.75) is 113 Å². The Hall–Kier alpha value is -4.36. The number of benzene rings is 4. The second-order valence-corrected chi connectivity index (χ2v) is 17.9. The quantitative estimate of drug-likeness (QED) is 0.0628. The summed E-state index contributed by atoms with van der Waals surface area (Å²) in [4.78, 5) is 38.5. The lowest BCUT2D eigenvalue weighted by Crippen LogP contribution is -2.21. The van der Waals surface area contributed by atoms with Crippen LogP contribution in [-0.4, -0.2) is 37.5 Å². The van der Waals surface area contributed by atoms with Gasteiger partial charge in [0.25, 0.3) is 20.2 Å². The lowest BCUT2D eigenvalue weighted by Gasteiger charge is -2.30. The number of ketones is 2. The van der Waals surface area contributed by atoms with Crippen molar-refractivity contribution in [1.82, 2.24) is 0 Å². The van der Waals surface area contributed by atoms with E-state index >= 15 is 0 Å². The van der Waals surface area contributed by atoms with Gasteiger partial charge in [0.2, 0.25) is 11.5 Å². The van der Waals surface area contributed by atoms with E-state index in [9.17, 15) is 35.5 Å². The van der Waals surface area contributed by atoms with Crippen molar-refractivity contribution in [3.63, 3.8) is 0 Å². The first-order valence-electron chi connectivity index (χ1n) is 18.7. The molecule has 4 aliphatic rings. The summed E-state index contributed by atoms with van der Waals surface area (Å²) in [6.45, 7) is 2.77. The van der Waals surface area contributed by atoms with Gasteiger partial charge >= 0.3 is 0 Å². The zero-order valence-corrected chi connectivity index (χ0v) is 31.9. The van der Waals surface area contributed by atoms with E-state index in [4.69, 9.17) is 9.78 Å². The van der Waals surface area contributed by atoms with Crippen molar-refractivity contribution < 1.29 is 45.3 Å². The smallest absolute Gasteiger partial charge is 0.294 e. The second-order valence-electron chi connectivity index (χ2n) is 15.2. The first kappa shape index (κ1) is 36.6. The largest absolute Gasteiger partial charge is 0.298 e. The molecule has 0 saturated heterocycles. The maximum atomic E-state index is 13.7. The molecule has 0 atom stereocenters. The number of carbonyl (C=O) groups excluding carboxylic acids is 2. The third kappa shape index (κ3) is 6.07. The average Bonchev–Trinajstić information content (AvgIpc) is 3.71. The Labute approximate surface area is 315 Å². The first-order valence-corrected chi connectivity index (χ1v) is 21.6. The molecule has 10 nitrogen and oxygen atoms in total. The van der Waals surface area contributed by atoms with Crippen molar-refractivity contribution in [2.24, 2.45) is 0 Å².